The van der Waals surface area contributed by atoms with E-state index in [1.807, 2.05) is 0 Å². The molecule has 0 aliphatic heterocycles. The Bertz CT molecular complexity index is 3830. The van der Waals surface area contributed by atoms with Crippen LogP contribution < -0.4 is 0 Å². The molecule has 276 valence electrons. The van der Waals surface area contributed by atoms with Crippen molar-refractivity contribution in [3.05, 3.63) is 229 Å². The second kappa shape index (κ2) is 11.7. The van der Waals surface area contributed by atoms with Gasteiger partial charge in [0.2, 0.25) is 0 Å². The van der Waals surface area contributed by atoms with Crippen molar-refractivity contribution in [3.63, 3.8) is 0 Å². The molecule has 0 amide bonds. The maximum Gasteiger partial charge on any atom is 0.136 e. The molecule has 0 bridgehead atoms. The van der Waals surface area contributed by atoms with Crippen molar-refractivity contribution in [2.75, 3.05) is 0 Å². The third-order valence-electron chi connectivity index (χ3n) is 13.8. The summed E-state index contributed by atoms with van der Waals surface area (Å²) in [6.45, 7) is 0. The highest BCUT2D eigenvalue weighted by molar-refractivity contribution is 6.24. The van der Waals surface area contributed by atoms with Gasteiger partial charge in [-0.05, 0) is 146 Å². The molecule has 60 heavy (non-hydrogen) atoms. The van der Waals surface area contributed by atoms with Crippen molar-refractivity contribution < 1.29 is 4.42 Å². The predicted molar refractivity (Wildman–Crippen MR) is 251 cm³/mol. The molecule has 1 spiro atoms. The van der Waals surface area contributed by atoms with Gasteiger partial charge in [-0.3, -0.25) is 0 Å². The van der Waals surface area contributed by atoms with E-state index in [0.717, 1.165) is 21.9 Å². The Morgan fingerprint density at radius 2 is 0.883 bits per heavy atom. The molecule has 2 aliphatic carbocycles. The molecule has 1 nitrogen and oxygen atoms in total. The van der Waals surface area contributed by atoms with Crippen LogP contribution in [-0.4, -0.2) is 0 Å². The fraction of sp³-hybridized carbons (Fsp3) is 0.0169. The standard InChI is InChI=1S/C59H34O/c1-2-14-35(15-3-1)46-31-48-42-21-9-7-19-40(42)47(32-49(48)41-20-8-6-18-39(41)46)37-26-28-45-54(30-37)59(53-29-27-36-16-4-5-17-38(36)58(45)53)52-24-12-10-22-43(52)50-34-57-51(33-55(50)59)44-23-11-13-25-56(44)60-57/h1-34H. The first-order chi connectivity index (χ1) is 29.8. The van der Waals surface area contributed by atoms with Crippen LogP contribution in [0.4, 0.5) is 0 Å². The minimum Gasteiger partial charge on any atom is -0.456 e. The van der Waals surface area contributed by atoms with Gasteiger partial charge >= 0.3 is 0 Å². The van der Waals surface area contributed by atoms with Crippen LogP contribution in [0.15, 0.2) is 211 Å². The first kappa shape index (κ1) is 32.2. The monoisotopic (exact) mass is 758 g/mol. The van der Waals surface area contributed by atoms with E-state index >= 15 is 0 Å². The normalized spacial score (nSPS) is 15.1. The van der Waals surface area contributed by atoms with E-state index in [-0.39, 0.29) is 0 Å². The Hall–Kier alpha value is -7.74. The molecule has 2 aliphatic rings. The first-order valence-corrected chi connectivity index (χ1v) is 20.9. The van der Waals surface area contributed by atoms with Crippen molar-refractivity contribution in [2.45, 2.75) is 5.41 Å². The first-order valence-electron chi connectivity index (χ1n) is 20.9. The second-order valence-electron chi connectivity index (χ2n) is 16.7. The van der Waals surface area contributed by atoms with Gasteiger partial charge in [0.1, 0.15) is 11.2 Å². The van der Waals surface area contributed by atoms with E-state index in [9.17, 15) is 0 Å². The molecule has 0 N–H and O–H groups in total. The molecule has 1 aromatic heterocycles. The van der Waals surface area contributed by atoms with Crippen LogP contribution in [0.25, 0.3) is 110 Å². The van der Waals surface area contributed by atoms with Crippen LogP contribution in [0.2, 0.25) is 0 Å². The molecule has 0 radical (unpaired) electrons. The van der Waals surface area contributed by atoms with Crippen molar-refractivity contribution in [3.8, 4) is 44.5 Å². The molecule has 1 atom stereocenters. The molecule has 11 aromatic carbocycles. The molecule has 1 heteroatoms. The van der Waals surface area contributed by atoms with Crippen molar-refractivity contribution in [2.24, 2.45) is 0 Å². The number of para-hydroxylation sites is 1. The predicted octanol–water partition coefficient (Wildman–Crippen LogP) is 15.9. The Morgan fingerprint density at radius 3 is 1.67 bits per heavy atom. The summed E-state index contributed by atoms with van der Waals surface area (Å²) >= 11 is 0. The van der Waals surface area contributed by atoms with Gasteiger partial charge in [0.15, 0.2) is 0 Å². The molecular formula is C59H34O. The zero-order valence-corrected chi connectivity index (χ0v) is 32.5. The highest BCUT2D eigenvalue weighted by atomic mass is 16.3. The topological polar surface area (TPSA) is 13.1 Å². The minimum atomic E-state index is -0.535. The van der Waals surface area contributed by atoms with Crippen LogP contribution in [0.3, 0.4) is 0 Å². The number of hydrogen-bond acceptors (Lipinski definition) is 1. The van der Waals surface area contributed by atoms with Gasteiger partial charge in [0.25, 0.3) is 0 Å². The number of rotatable bonds is 2. The Balaban J connectivity index is 1.11. The number of hydrogen-bond donors (Lipinski definition) is 0. The second-order valence-corrected chi connectivity index (χ2v) is 16.7. The number of furan rings is 1. The summed E-state index contributed by atoms with van der Waals surface area (Å²) in [5.74, 6) is 0. The SMILES string of the molecule is c1ccc(-c2cc3c4ccccc4c(-c4ccc5c(c4)C4(c6ccccc6-c6cc7oc8ccccc8c7cc64)c4ccc6ccccc6c4-5)cc3c3ccccc23)cc1. The van der Waals surface area contributed by atoms with Crippen LogP contribution in [0, 0.1) is 0 Å². The third-order valence-corrected chi connectivity index (χ3v) is 13.8. The van der Waals surface area contributed by atoms with Gasteiger partial charge in [-0.25, -0.2) is 0 Å². The maximum absolute atomic E-state index is 6.56. The molecular weight excluding hydrogens is 725 g/mol. The van der Waals surface area contributed by atoms with Crippen LogP contribution in [0.5, 0.6) is 0 Å². The summed E-state index contributed by atoms with van der Waals surface area (Å²) in [6.07, 6.45) is 0. The van der Waals surface area contributed by atoms with E-state index < -0.39 is 5.41 Å². The van der Waals surface area contributed by atoms with E-state index in [0.29, 0.717) is 0 Å². The Morgan fingerprint density at radius 1 is 0.267 bits per heavy atom. The Labute approximate surface area is 346 Å². The van der Waals surface area contributed by atoms with Crippen molar-refractivity contribution >= 4 is 65.0 Å². The third kappa shape index (κ3) is 4.06. The smallest absolute Gasteiger partial charge is 0.136 e. The molecule has 1 unspecified atom stereocenters. The van der Waals surface area contributed by atoms with Crippen molar-refractivity contribution in [1.29, 1.82) is 0 Å². The fourth-order valence-electron chi connectivity index (χ4n) is 11.4. The van der Waals surface area contributed by atoms with Gasteiger partial charge < -0.3 is 4.42 Å². The van der Waals surface area contributed by atoms with Gasteiger partial charge in [0, 0.05) is 10.8 Å². The number of benzene rings is 11. The van der Waals surface area contributed by atoms with Crippen LogP contribution in [-0.2, 0) is 5.41 Å². The summed E-state index contributed by atoms with van der Waals surface area (Å²) in [4.78, 5) is 0. The van der Waals surface area contributed by atoms with Gasteiger partial charge in [0.05, 0.1) is 5.41 Å². The van der Waals surface area contributed by atoms with Gasteiger partial charge in [-0.15, -0.1) is 0 Å². The molecule has 1 heterocycles. The molecule has 0 saturated heterocycles. The van der Waals surface area contributed by atoms with Gasteiger partial charge in [-0.1, -0.05) is 170 Å². The van der Waals surface area contributed by atoms with E-state index in [1.165, 1.54) is 110 Å². The lowest BCUT2D eigenvalue weighted by molar-refractivity contribution is 0.669. The lowest BCUT2D eigenvalue weighted by atomic mass is 9.70. The Kier molecular flexibility index (Phi) is 6.28. The molecule has 14 rings (SSSR count). The van der Waals surface area contributed by atoms with Crippen LogP contribution >= 0.6 is 0 Å². The summed E-state index contributed by atoms with van der Waals surface area (Å²) < 4.78 is 6.56. The zero-order valence-electron chi connectivity index (χ0n) is 32.5. The largest absolute Gasteiger partial charge is 0.456 e. The maximum atomic E-state index is 6.56. The highest BCUT2D eigenvalue weighted by Crippen LogP contribution is 2.65. The summed E-state index contributed by atoms with van der Waals surface area (Å²) in [5.41, 5.74) is 16.7. The van der Waals surface area contributed by atoms with Gasteiger partial charge in [-0.2, -0.15) is 0 Å². The van der Waals surface area contributed by atoms with E-state index in [1.54, 1.807) is 0 Å². The van der Waals surface area contributed by atoms with E-state index in [4.69, 9.17) is 4.42 Å². The minimum absolute atomic E-state index is 0.535. The summed E-state index contributed by atoms with van der Waals surface area (Å²) in [5, 5.41) is 12.5. The molecule has 0 fully saturated rings. The molecule has 0 saturated carbocycles. The highest BCUT2D eigenvalue weighted by Gasteiger charge is 2.52. The zero-order chi connectivity index (χ0) is 39.1. The average molecular weight is 759 g/mol. The molecule has 12 aromatic rings. The average Bonchev–Trinajstić information content (AvgIpc) is 3.93. The lowest BCUT2D eigenvalue weighted by Gasteiger charge is -2.31. The van der Waals surface area contributed by atoms with E-state index in [2.05, 4.69) is 206 Å². The summed E-state index contributed by atoms with van der Waals surface area (Å²) in [7, 11) is 0. The van der Waals surface area contributed by atoms with Crippen molar-refractivity contribution in [1.82, 2.24) is 0 Å². The number of fused-ring (bicyclic) bond motifs is 20. The lowest BCUT2D eigenvalue weighted by Crippen LogP contribution is -2.26. The quantitative estimate of drug-likeness (QED) is 0.160. The fourth-order valence-corrected chi connectivity index (χ4v) is 11.4. The van der Waals surface area contributed by atoms with Crippen LogP contribution in [0.1, 0.15) is 22.3 Å². The summed E-state index contributed by atoms with van der Waals surface area (Å²) in [6, 6.07) is 77.0.